The molecule has 0 saturated carbocycles. The lowest BCUT2D eigenvalue weighted by molar-refractivity contribution is -0.384. The predicted molar refractivity (Wildman–Crippen MR) is 129 cm³/mol. The predicted octanol–water partition coefficient (Wildman–Crippen LogP) is 1.77. The summed E-state index contributed by atoms with van der Waals surface area (Å²) in [6, 6.07) is 15.3. The smallest absolute Gasteiger partial charge is 0.269 e. The van der Waals surface area contributed by atoms with E-state index in [1.165, 1.54) is 16.4 Å². The van der Waals surface area contributed by atoms with Crippen molar-refractivity contribution in [1.82, 2.24) is 19.4 Å². The number of nitro groups is 1. The summed E-state index contributed by atoms with van der Waals surface area (Å²) >= 11 is 0. The lowest BCUT2D eigenvalue weighted by Crippen LogP contribution is -2.43. The molecule has 0 atom stereocenters. The number of para-hydroxylation sites is 1. The Hall–Kier alpha value is -3.61. The van der Waals surface area contributed by atoms with Crippen LogP contribution in [-0.4, -0.2) is 71.9 Å². The zero-order valence-corrected chi connectivity index (χ0v) is 19.7. The summed E-state index contributed by atoms with van der Waals surface area (Å²) in [5.41, 5.74) is 2.50. The molecule has 1 aromatic heterocycles. The number of amides is 1. The fourth-order valence-corrected chi connectivity index (χ4v) is 5.07. The molecule has 1 N–H and O–H groups in total. The van der Waals surface area contributed by atoms with E-state index in [1.54, 1.807) is 23.0 Å². The van der Waals surface area contributed by atoms with Crippen molar-refractivity contribution < 1.29 is 22.9 Å². The molecule has 0 bridgehead atoms. The van der Waals surface area contributed by atoms with E-state index in [0.29, 0.717) is 43.1 Å². The van der Waals surface area contributed by atoms with E-state index in [-0.39, 0.29) is 30.3 Å². The minimum absolute atomic E-state index is 0.0157. The summed E-state index contributed by atoms with van der Waals surface area (Å²) in [6.07, 6.45) is 1.70. The zero-order valence-electron chi connectivity index (χ0n) is 18.9. The van der Waals surface area contributed by atoms with Crippen molar-refractivity contribution in [3.8, 4) is 16.9 Å². The maximum absolute atomic E-state index is 12.7. The molecular weight excluding hydrogens is 474 g/mol. The van der Waals surface area contributed by atoms with Crippen molar-refractivity contribution in [3.05, 3.63) is 76.5 Å². The number of aromatic nitrogens is 2. The molecule has 12 heteroatoms. The molecular formula is C23H25N5O6S. The number of carbonyl (C=O) groups excluding carboxylic acids is 1. The van der Waals surface area contributed by atoms with Gasteiger partial charge in [-0.15, -0.1) is 0 Å². The molecule has 184 valence electrons. The number of hydrogen-bond donors (Lipinski definition) is 1. The maximum Gasteiger partial charge on any atom is 0.269 e. The van der Waals surface area contributed by atoms with Gasteiger partial charge in [0.1, 0.15) is 0 Å². The largest absolute Gasteiger partial charge is 0.379 e. The quantitative estimate of drug-likeness (QED) is 0.350. The van der Waals surface area contributed by atoms with Gasteiger partial charge in [-0.1, -0.05) is 18.2 Å². The molecule has 2 heterocycles. The van der Waals surface area contributed by atoms with Crippen LogP contribution >= 0.6 is 0 Å². The highest BCUT2D eigenvalue weighted by molar-refractivity contribution is 7.89. The summed E-state index contributed by atoms with van der Waals surface area (Å²) < 4.78 is 33.1. The van der Waals surface area contributed by atoms with E-state index in [0.717, 1.165) is 5.69 Å². The molecule has 11 nitrogen and oxygen atoms in total. The van der Waals surface area contributed by atoms with Crippen molar-refractivity contribution in [2.75, 3.05) is 38.6 Å². The summed E-state index contributed by atoms with van der Waals surface area (Å²) in [4.78, 5) is 23.2. The summed E-state index contributed by atoms with van der Waals surface area (Å²) in [5.74, 6) is -0.546. The molecule has 35 heavy (non-hydrogen) atoms. The Labute approximate surface area is 202 Å². The Morgan fingerprint density at radius 1 is 1.09 bits per heavy atom. The van der Waals surface area contributed by atoms with Crippen LogP contribution in [-0.2, 0) is 26.0 Å². The van der Waals surface area contributed by atoms with Gasteiger partial charge in [-0.3, -0.25) is 14.9 Å². The third-order valence-corrected chi connectivity index (χ3v) is 7.43. The second kappa shape index (κ2) is 10.8. The van der Waals surface area contributed by atoms with Crippen molar-refractivity contribution >= 4 is 21.6 Å². The van der Waals surface area contributed by atoms with E-state index in [2.05, 4.69) is 10.4 Å². The van der Waals surface area contributed by atoms with Crippen LogP contribution in [0.5, 0.6) is 0 Å². The van der Waals surface area contributed by atoms with Crippen molar-refractivity contribution in [1.29, 1.82) is 0 Å². The molecule has 1 aliphatic rings. The Morgan fingerprint density at radius 2 is 1.77 bits per heavy atom. The highest BCUT2D eigenvalue weighted by Crippen LogP contribution is 2.26. The van der Waals surface area contributed by atoms with Crippen LogP contribution in [0.4, 0.5) is 5.69 Å². The molecule has 2 aromatic carbocycles. The van der Waals surface area contributed by atoms with Gasteiger partial charge in [-0.2, -0.15) is 9.40 Å². The van der Waals surface area contributed by atoms with Crippen LogP contribution < -0.4 is 5.32 Å². The molecule has 0 aliphatic carbocycles. The van der Waals surface area contributed by atoms with Gasteiger partial charge >= 0.3 is 0 Å². The Kier molecular flexibility index (Phi) is 7.54. The monoisotopic (exact) mass is 499 g/mol. The van der Waals surface area contributed by atoms with Gasteiger partial charge in [0.25, 0.3) is 5.69 Å². The number of nitrogens with one attached hydrogen (secondary N) is 1. The Morgan fingerprint density at radius 3 is 2.43 bits per heavy atom. The van der Waals surface area contributed by atoms with Crippen LogP contribution in [0.2, 0.25) is 0 Å². The van der Waals surface area contributed by atoms with E-state index < -0.39 is 14.9 Å². The van der Waals surface area contributed by atoms with E-state index in [4.69, 9.17) is 4.74 Å². The highest BCUT2D eigenvalue weighted by Gasteiger charge is 2.24. The summed E-state index contributed by atoms with van der Waals surface area (Å²) in [6.45, 7) is 1.34. The molecule has 0 unspecified atom stereocenters. The molecule has 3 aromatic rings. The average molecular weight is 500 g/mol. The van der Waals surface area contributed by atoms with Gasteiger partial charge in [0, 0.05) is 49.1 Å². The van der Waals surface area contributed by atoms with E-state index in [1.807, 2.05) is 30.3 Å². The number of benzene rings is 2. The van der Waals surface area contributed by atoms with E-state index in [9.17, 15) is 23.3 Å². The molecule has 0 radical (unpaired) electrons. The number of morpholine rings is 1. The topological polar surface area (TPSA) is 137 Å². The molecule has 0 spiro atoms. The van der Waals surface area contributed by atoms with Crippen molar-refractivity contribution in [2.24, 2.45) is 0 Å². The van der Waals surface area contributed by atoms with Gasteiger partial charge in [0.05, 0.1) is 41.7 Å². The number of sulfonamides is 1. The molecule has 1 aliphatic heterocycles. The first kappa shape index (κ1) is 24.5. The maximum atomic E-state index is 12.7. The second-order valence-electron chi connectivity index (χ2n) is 7.94. The van der Waals surface area contributed by atoms with Gasteiger partial charge < -0.3 is 10.1 Å². The first-order valence-corrected chi connectivity index (χ1v) is 12.7. The number of carbonyl (C=O) groups is 1. The van der Waals surface area contributed by atoms with Crippen LogP contribution in [0, 0.1) is 10.1 Å². The second-order valence-corrected chi connectivity index (χ2v) is 10.0. The van der Waals surface area contributed by atoms with Gasteiger partial charge in [-0.25, -0.2) is 13.1 Å². The number of nitro benzene ring substituents is 1. The van der Waals surface area contributed by atoms with E-state index >= 15 is 0 Å². The third-order valence-electron chi connectivity index (χ3n) is 5.56. The standard InChI is InChI=1S/C23H25N5O6S/c29-22(24-10-15-35(32,33)26-11-13-34-14-12-26)16-19-17-27(20-4-2-1-3-5-20)25-23(19)18-6-8-21(9-7-18)28(30)31/h1-9,17H,10-16H2,(H,24,29). The molecule has 1 fully saturated rings. The van der Waals surface area contributed by atoms with Crippen molar-refractivity contribution in [2.45, 2.75) is 6.42 Å². The van der Waals surface area contributed by atoms with Gasteiger partial charge in [-0.05, 0) is 24.3 Å². The number of hydrogen-bond acceptors (Lipinski definition) is 7. The number of rotatable bonds is 9. The average Bonchev–Trinajstić information content (AvgIpc) is 3.28. The highest BCUT2D eigenvalue weighted by atomic mass is 32.2. The van der Waals surface area contributed by atoms with Crippen LogP contribution in [0.25, 0.3) is 16.9 Å². The van der Waals surface area contributed by atoms with Crippen LogP contribution in [0.15, 0.2) is 60.8 Å². The van der Waals surface area contributed by atoms with Crippen LogP contribution in [0.3, 0.4) is 0 Å². The van der Waals surface area contributed by atoms with Gasteiger partial charge in [0.15, 0.2) is 0 Å². The molecule has 1 amide bonds. The lowest BCUT2D eigenvalue weighted by Gasteiger charge is -2.26. The summed E-state index contributed by atoms with van der Waals surface area (Å²) in [5, 5.41) is 18.3. The van der Waals surface area contributed by atoms with Crippen molar-refractivity contribution in [3.63, 3.8) is 0 Å². The molecule has 1 saturated heterocycles. The minimum Gasteiger partial charge on any atom is -0.379 e. The number of non-ortho nitro benzene ring substituents is 1. The Bertz CT molecular complexity index is 1290. The molecule has 4 rings (SSSR count). The number of ether oxygens (including phenoxy) is 1. The normalized spacial score (nSPS) is 14.5. The van der Waals surface area contributed by atoms with Crippen LogP contribution in [0.1, 0.15) is 5.56 Å². The summed E-state index contributed by atoms with van der Waals surface area (Å²) in [7, 11) is -3.48. The van der Waals surface area contributed by atoms with Gasteiger partial charge in [0.2, 0.25) is 15.9 Å². The third kappa shape index (κ3) is 6.10. The Balaban J connectivity index is 1.49. The fourth-order valence-electron chi connectivity index (χ4n) is 3.74. The first-order valence-electron chi connectivity index (χ1n) is 11.0. The number of nitrogens with zero attached hydrogens (tertiary/aromatic N) is 4. The SMILES string of the molecule is O=C(Cc1cn(-c2ccccc2)nc1-c1ccc([N+](=O)[O-])cc1)NCCS(=O)(=O)N1CCOCC1. The minimum atomic E-state index is -3.48. The zero-order chi connectivity index (χ0) is 24.8. The lowest BCUT2D eigenvalue weighted by atomic mass is 10.1. The first-order chi connectivity index (χ1) is 16.8. The fraction of sp³-hybridized carbons (Fsp3) is 0.304.